The second kappa shape index (κ2) is 63.8. The van der Waals surface area contributed by atoms with Gasteiger partial charge in [0.05, 0.1) is 25.4 Å². The van der Waals surface area contributed by atoms with Gasteiger partial charge in [0, 0.05) is 6.42 Å². The summed E-state index contributed by atoms with van der Waals surface area (Å²) in [6, 6.07) is -1.02. The van der Waals surface area contributed by atoms with Crippen molar-refractivity contribution in [2.45, 2.75) is 410 Å². The van der Waals surface area contributed by atoms with Gasteiger partial charge in [-0.1, -0.05) is 320 Å². The van der Waals surface area contributed by atoms with Crippen LogP contribution in [0.3, 0.4) is 0 Å². The smallest absolute Gasteiger partial charge is 0.306 e. The van der Waals surface area contributed by atoms with Crippen molar-refractivity contribution in [3.63, 3.8) is 0 Å². The van der Waals surface area contributed by atoms with Crippen molar-refractivity contribution in [2.24, 2.45) is 0 Å². The van der Waals surface area contributed by atoms with Crippen LogP contribution in [0.5, 0.6) is 0 Å². The van der Waals surface area contributed by atoms with E-state index in [9.17, 15) is 35.1 Å². The molecule has 0 spiro atoms. The zero-order valence-electron chi connectivity index (χ0n) is 56.9. The molecule has 8 unspecified atom stereocenters. The third kappa shape index (κ3) is 50.9. The molecule has 87 heavy (non-hydrogen) atoms. The molecule has 1 aliphatic rings. The molecule has 0 aromatic rings. The number of carbonyl (C=O) groups excluding carboxylic acids is 2. The van der Waals surface area contributed by atoms with Crippen molar-refractivity contribution in [1.29, 1.82) is 0 Å². The normalized spacial score (nSPS) is 18.5. The molecule has 1 saturated heterocycles. The van der Waals surface area contributed by atoms with Gasteiger partial charge < -0.3 is 45.1 Å². The summed E-state index contributed by atoms with van der Waals surface area (Å²) in [6.07, 6.45) is 70.1. The summed E-state index contributed by atoms with van der Waals surface area (Å²) in [5.74, 6) is -1.18. The van der Waals surface area contributed by atoms with Gasteiger partial charge in [0.1, 0.15) is 24.4 Å². The summed E-state index contributed by atoms with van der Waals surface area (Å²) >= 11 is 0. The molecule has 1 aliphatic heterocycles. The minimum atomic E-state index is -1.61. The molecule has 6 N–H and O–H groups in total. The van der Waals surface area contributed by atoms with Crippen molar-refractivity contribution >= 4 is 11.9 Å². The van der Waals surface area contributed by atoms with E-state index in [1.165, 1.54) is 244 Å². The number of hydrogen-bond donors (Lipinski definition) is 6. The lowest BCUT2D eigenvalue weighted by Crippen LogP contribution is -2.61. The fraction of sp³-hybridized carbons (Fsp3) is 0.868. The van der Waals surface area contributed by atoms with E-state index in [0.717, 1.165) is 70.6 Å². The van der Waals surface area contributed by atoms with Gasteiger partial charge in [-0.15, -0.1) is 0 Å². The van der Waals surface area contributed by atoms with Crippen LogP contribution in [0.1, 0.15) is 361 Å². The maximum atomic E-state index is 13.5. The van der Waals surface area contributed by atoms with Crippen molar-refractivity contribution in [3.05, 3.63) is 48.6 Å². The first-order chi connectivity index (χ1) is 42.7. The number of ether oxygens (including phenoxy) is 3. The second-order valence-corrected chi connectivity index (χ2v) is 26.0. The molecule has 0 aliphatic carbocycles. The lowest BCUT2D eigenvalue weighted by molar-refractivity contribution is -0.305. The predicted octanol–water partition coefficient (Wildman–Crippen LogP) is 19.5. The molecule has 1 heterocycles. The van der Waals surface area contributed by atoms with E-state index in [-0.39, 0.29) is 13.0 Å². The van der Waals surface area contributed by atoms with Gasteiger partial charge in [-0.3, -0.25) is 9.59 Å². The number of esters is 1. The molecule has 0 aromatic carbocycles. The van der Waals surface area contributed by atoms with Crippen molar-refractivity contribution in [3.8, 4) is 0 Å². The van der Waals surface area contributed by atoms with Gasteiger partial charge >= 0.3 is 5.97 Å². The summed E-state index contributed by atoms with van der Waals surface area (Å²) in [6.45, 7) is 5.82. The molecule has 1 amide bonds. The average Bonchev–Trinajstić information content (AvgIpc) is 1.52. The Labute approximate surface area is 536 Å². The number of unbranched alkanes of at least 4 members (excludes halogenated alkanes) is 45. The first kappa shape index (κ1) is 82.6. The summed E-state index contributed by atoms with van der Waals surface area (Å²) in [4.78, 5) is 26.7. The molecule has 11 heteroatoms. The Morgan fingerprint density at radius 1 is 0.448 bits per heavy atom. The summed E-state index contributed by atoms with van der Waals surface area (Å²) in [7, 11) is 0. The van der Waals surface area contributed by atoms with Gasteiger partial charge in [-0.05, 0) is 83.5 Å². The van der Waals surface area contributed by atoms with Crippen LogP contribution in [0.2, 0.25) is 0 Å². The predicted molar refractivity (Wildman–Crippen MR) is 366 cm³/mol. The summed E-state index contributed by atoms with van der Waals surface area (Å²) in [5.41, 5.74) is 0. The molecule has 0 bridgehead atoms. The topological polar surface area (TPSA) is 175 Å². The monoisotopic (exact) mass is 1230 g/mol. The molecule has 8 atom stereocenters. The van der Waals surface area contributed by atoms with Crippen LogP contribution >= 0.6 is 0 Å². The van der Waals surface area contributed by atoms with Crippen LogP contribution in [-0.2, 0) is 23.8 Å². The molecule has 1 fully saturated rings. The van der Waals surface area contributed by atoms with Gasteiger partial charge in [0.2, 0.25) is 5.91 Å². The Balaban J connectivity index is 2.55. The second-order valence-electron chi connectivity index (χ2n) is 26.0. The number of hydrogen-bond acceptors (Lipinski definition) is 10. The van der Waals surface area contributed by atoms with Crippen LogP contribution in [0.15, 0.2) is 48.6 Å². The summed E-state index contributed by atoms with van der Waals surface area (Å²) in [5, 5.41) is 57.3. The van der Waals surface area contributed by atoms with Gasteiger partial charge in [-0.25, -0.2) is 0 Å². The standard InChI is InChI=1S/C76H141NO10/c1-4-7-10-13-16-19-22-25-27-29-31-33-34-35-36-37-39-41-43-46-49-52-55-58-61-64-71(81)87-74-73(83)72(82)70(65-78)86-76(74)85-66-67(68(79)62-59-56-53-50-47-44-24-21-18-15-12-9-6-3)77-75(84)69(80)63-60-57-54-51-48-45-42-40-38-32-30-28-26-23-20-17-14-11-8-5-2/h17,20,25-28,59,62,67-70,72-74,76,78-80,82-83H,4-16,18-19,21-24,29-58,60-61,63-66H2,1-3H3,(H,77,84)/b20-17-,27-25+,28-26-,62-59+. The van der Waals surface area contributed by atoms with Crippen molar-refractivity contribution in [2.75, 3.05) is 13.2 Å². The molecule has 1 rings (SSSR count). The highest BCUT2D eigenvalue weighted by Crippen LogP contribution is 2.26. The third-order valence-electron chi connectivity index (χ3n) is 17.7. The maximum absolute atomic E-state index is 13.5. The fourth-order valence-electron chi connectivity index (χ4n) is 11.8. The van der Waals surface area contributed by atoms with Crippen LogP contribution in [0.25, 0.3) is 0 Å². The Morgan fingerprint density at radius 2 is 0.793 bits per heavy atom. The lowest BCUT2D eigenvalue weighted by Gasteiger charge is -2.41. The average molecular weight is 1230 g/mol. The van der Waals surface area contributed by atoms with E-state index in [1.807, 2.05) is 6.08 Å². The quantitative estimate of drug-likeness (QED) is 0.0195. The maximum Gasteiger partial charge on any atom is 0.306 e. The molecule has 11 nitrogen and oxygen atoms in total. The highest BCUT2D eigenvalue weighted by Gasteiger charge is 2.47. The SMILES string of the molecule is CCCCC/C=C\C/C=C\CCCCCCCCCCCCC(O)C(=O)NC(COC1OC(CO)C(O)C(O)C1OC(=O)CCCCCCCCCCCCCCCCC/C=C/CCCCCCCC)C(O)/C=C/CCCCCCCCCCCCC. The summed E-state index contributed by atoms with van der Waals surface area (Å²) < 4.78 is 17.7. The molecule has 0 saturated carbocycles. The first-order valence-electron chi connectivity index (χ1n) is 37.4. The van der Waals surface area contributed by atoms with E-state index in [1.54, 1.807) is 6.08 Å². The minimum absolute atomic E-state index is 0.127. The molecular weight excluding hydrogens is 1090 g/mol. The molecule has 0 aromatic heterocycles. The molecule has 0 radical (unpaired) electrons. The number of rotatable bonds is 65. The number of carbonyl (C=O) groups is 2. The number of amides is 1. The highest BCUT2D eigenvalue weighted by molar-refractivity contribution is 5.80. The minimum Gasteiger partial charge on any atom is -0.454 e. The van der Waals surface area contributed by atoms with Gasteiger partial charge in [0.25, 0.3) is 0 Å². The number of nitrogens with one attached hydrogen (secondary N) is 1. The fourth-order valence-corrected chi connectivity index (χ4v) is 11.8. The van der Waals surface area contributed by atoms with E-state index >= 15 is 0 Å². The Morgan fingerprint density at radius 3 is 1.21 bits per heavy atom. The van der Waals surface area contributed by atoms with E-state index in [0.29, 0.717) is 19.3 Å². The molecular formula is C76H141NO10. The zero-order valence-corrected chi connectivity index (χ0v) is 56.9. The largest absolute Gasteiger partial charge is 0.454 e. The Kier molecular flexibility index (Phi) is 60.6. The Bertz CT molecular complexity index is 1600. The van der Waals surface area contributed by atoms with E-state index in [4.69, 9.17) is 14.2 Å². The van der Waals surface area contributed by atoms with Gasteiger partial charge in [-0.2, -0.15) is 0 Å². The third-order valence-corrected chi connectivity index (χ3v) is 17.7. The molecule has 510 valence electrons. The van der Waals surface area contributed by atoms with Crippen molar-refractivity contribution < 1.29 is 49.3 Å². The first-order valence-corrected chi connectivity index (χ1v) is 37.4. The van der Waals surface area contributed by atoms with E-state index in [2.05, 4.69) is 62.5 Å². The highest BCUT2D eigenvalue weighted by atomic mass is 16.7. The number of aliphatic hydroxyl groups is 5. The van der Waals surface area contributed by atoms with Crippen LogP contribution < -0.4 is 5.32 Å². The lowest BCUT2D eigenvalue weighted by atomic mass is 9.99. The number of aliphatic hydroxyl groups excluding tert-OH is 5. The zero-order chi connectivity index (χ0) is 63.1. The number of allylic oxidation sites excluding steroid dienone is 7. The van der Waals surface area contributed by atoms with Crippen LogP contribution in [-0.4, -0.2) is 99.6 Å². The van der Waals surface area contributed by atoms with Gasteiger partial charge in [0.15, 0.2) is 12.4 Å². The van der Waals surface area contributed by atoms with Crippen LogP contribution in [0.4, 0.5) is 0 Å². The van der Waals surface area contributed by atoms with Crippen molar-refractivity contribution in [1.82, 2.24) is 5.32 Å². The van der Waals surface area contributed by atoms with E-state index < -0.39 is 67.4 Å². The van der Waals surface area contributed by atoms with Crippen LogP contribution in [0, 0.1) is 0 Å². The Hall–Kier alpha value is -2.38.